The van der Waals surface area contributed by atoms with E-state index in [1.54, 1.807) is 6.92 Å². The van der Waals surface area contributed by atoms with Crippen LogP contribution in [0.2, 0.25) is 0 Å². The summed E-state index contributed by atoms with van der Waals surface area (Å²) in [5, 5.41) is 0. The highest BCUT2D eigenvalue weighted by molar-refractivity contribution is 5.87. The number of unbranched alkanes of at least 4 members (excludes halogenated alkanes) is 10. The average molecular weight is 280 g/mol. The van der Waals surface area contributed by atoms with Crippen LogP contribution in [0.3, 0.4) is 0 Å². The Labute approximate surface area is 125 Å². The first kappa shape index (κ1) is 18.9. The first-order valence-corrected chi connectivity index (χ1v) is 8.20. The Bertz CT molecular complexity index is 279. The Morgan fingerprint density at radius 1 is 0.950 bits per heavy atom. The third-order valence-corrected chi connectivity index (χ3v) is 3.34. The number of rotatable bonds is 13. The van der Waals surface area contributed by atoms with Gasteiger partial charge in [0.25, 0.3) is 0 Å². The highest BCUT2D eigenvalue weighted by atomic mass is 16.5. The topological polar surface area (TPSA) is 26.3 Å². The van der Waals surface area contributed by atoms with Crippen LogP contribution in [0.5, 0.6) is 0 Å². The minimum absolute atomic E-state index is 0.343. The van der Waals surface area contributed by atoms with Crippen molar-refractivity contribution in [2.75, 3.05) is 0 Å². The van der Waals surface area contributed by atoms with Crippen molar-refractivity contribution >= 4 is 5.97 Å². The second-order valence-electron chi connectivity index (χ2n) is 5.53. The quantitative estimate of drug-likeness (QED) is 0.181. The lowest BCUT2D eigenvalue weighted by Gasteiger charge is -2.01. The monoisotopic (exact) mass is 280 g/mol. The molecule has 0 fully saturated rings. The molecule has 0 saturated carbocycles. The minimum atomic E-state index is -0.343. The number of ether oxygens (including phenoxy) is 1. The van der Waals surface area contributed by atoms with Crippen LogP contribution >= 0.6 is 0 Å². The summed E-state index contributed by atoms with van der Waals surface area (Å²) >= 11 is 0. The van der Waals surface area contributed by atoms with E-state index in [2.05, 4.69) is 13.5 Å². The lowest BCUT2D eigenvalue weighted by molar-refractivity contribution is -0.133. The van der Waals surface area contributed by atoms with E-state index < -0.39 is 0 Å². The highest BCUT2D eigenvalue weighted by Crippen LogP contribution is 2.11. The molecular weight excluding hydrogens is 248 g/mol. The SMILES string of the molecule is C=C(C)C(=O)OC=CCCCCCCCCCCCC. The molecule has 2 heteroatoms. The summed E-state index contributed by atoms with van der Waals surface area (Å²) in [7, 11) is 0. The van der Waals surface area contributed by atoms with Gasteiger partial charge >= 0.3 is 5.97 Å². The maximum Gasteiger partial charge on any atom is 0.337 e. The van der Waals surface area contributed by atoms with Crippen LogP contribution in [0.25, 0.3) is 0 Å². The van der Waals surface area contributed by atoms with E-state index in [1.165, 1.54) is 70.5 Å². The van der Waals surface area contributed by atoms with Gasteiger partial charge in [0.05, 0.1) is 6.26 Å². The first-order chi connectivity index (χ1) is 9.68. The van der Waals surface area contributed by atoms with Gasteiger partial charge in [-0.1, -0.05) is 71.3 Å². The van der Waals surface area contributed by atoms with Crippen LogP contribution in [0.4, 0.5) is 0 Å². The molecule has 116 valence electrons. The normalized spacial score (nSPS) is 10.9. The molecular formula is C18H32O2. The van der Waals surface area contributed by atoms with E-state index in [9.17, 15) is 4.79 Å². The molecule has 0 saturated heterocycles. The van der Waals surface area contributed by atoms with Crippen molar-refractivity contribution in [3.8, 4) is 0 Å². The van der Waals surface area contributed by atoms with E-state index in [1.807, 2.05) is 6.08 Å². The Hall–Kier alpha value is -1.05. The maximum absolute atomic E-state index is 11.1. The number of carbonyl (C=O) groups is 1. The van der Waals surface area contributed by atoms with Gasteiger partial charge in [0.1, 0.15) is 0 Å². The van der Waals surface area contributed by atoms with Crippen molar-refractivity contribution in [2.45, 2.75) is 84.5 Å². The van der Waals surface area contributed by atoms with Gasteiger partial charge in [-0.3, -0.25) is 0 Å². The van der Waals surface area contributed by atoms with Crippen LogP contribution < -0.4 is 0 Å². The zero-order chi connectivity index (χ0) is 15.1. The smallest absolute Gasteiger partial charge is 0.337 e. The molecule has 0 bridgehead atoms. The molecule has 0 radical (unpaired) electrons. The van der Waals surface area contributed by atoms with Crippen molar-refractivity contribution in [2.24, 2.45) is 0 Å². The van der Waals surface area contributed by atoms with E-state index in [-0.39, 0.29) is 5.97 Å². The van der Waals surface area contributed by atoms with Gasteiger partial charge in [-0.15, -0.1) is 0 Å². The van der Waals surface area contributed by atoms with Crippen LogP contribution in [0.1, 0.15) is 84.5 Å². The van der Waals surface area contributed by atoms with Crippen LogP contribution in [0.15, 0.2) is 24.5 Å². The van der Waals surface area contributed by atoms with Gasteiger partial charge in [0, 0.05) is 5.57 Å². The molecule has 20 heavy (non-hydrogen) atoms. The molecule has 0 N–H and O–H groups in total. The Balaban J connectivity index is 3.18. The molecule has 0 aliphatic carbocycles. The van der Waals surface area contributed by atoms with Crippen LogP contribution in [-0.4, -0.2) is 5.97 Å². The third kappa shape index (κ3) is 13.4. The predicted octanol–water partition coefficient (Wildman–Crippen LogP) is 5.93. The maximum atomic E-state index is 11.1. The lowest BCUT2D eigenvalue weighted by atomic mass is 10.1. The van der Waals surface area contributed by atoms with Gasteiger partial charge in [-0.25, -0.2) is 4.79 Å². The number of esters is 1. The lowest BCUT2D eigenvalue weighted by Crippen LogP contribution is -1.98. The van der Waals surface area contributed by atoms with Crippen molar-refractivity contribution in [1.82, 2.24) is 0 Å². The summed E-state index contributed by atoms with van der Waals surface area (Å²) in [6.45, 7) is 7.44. The van der Waals surface area contributed by atoms with Crippen molar-refractivity contribution in [3.63, 3.8) is 0 Å². The second kappa shape index (κ2) is 14.4. The van der Waals surface area contributed by atoms with Crippen molar-refractivity contribution in [3.05, 3.63) is 24.5 Å². The molecule has 2 nitrogen and oxygen atoms in total. The van der Waals surface area contributed by atoms with Crippen molar-refractivity contribution < 1.29 is 9.53 Å². The number of carbonyl (C=O) groups excluding carboxylic acids is 1. The fraction of sp³-hybridized carbons (Fsp3) is 0.722. The molecule has 0 heterocycles. The van der Waals surface area contributed by atoms with E-state index in [4.69, 9.17) is 4.74 Å². The first-order valence-electron chi connectivity index (χ1n) is 8.20. The predicted molar refractivity (Wildman–Crippen MR) is 86.5 cm³/mol. The number of hydrogen-bond acceptors (Lipinski definition) is 2. The molecule has 0 spiro atoms. The standard InChI is InChI=1S/C18H32O2/c1-4-5-6-7-8-9-10-11-12-13-14-15-16-20-18(19)17(2)3/h15-16H,2,4-14H2,1,3H3. The average Bonchev–Trinajstić information content (AvgIpc) is 2.43. The fourth-order valence-electron chi connectivity index (χ4n) is 2.03. The Kier molecular flexibility index (Phi) is 13.6. The molecule has 0 aromatic carbocycles. The summed E-state index contributed by atoms with van der Waals surface area (Å²) < 4.78 is 4.88. The summed E-state index contributed by atoms with van der Waals surface area (Å²) in [6.07, 6.45) is 17.9. The molecule has 0 rings (SSSR count). The fourth-order valence-corrected chi connectivity index (χ4v) is 2.03. The van der Waals surface area contributed by atoms with Gasteiger partial charge in [-0.05, 0) is 25.8 Å². The second-order valence-corrected chi connectivity index (χ2v) is 5.53. The minimum Gasteiger partial charge on any atom is -0.431 e. The summed E-state index contributed by atoms with van der Waals surface area (Å²) in [6, 6.07) is 0. The van der Waals surface area contributed by atoms with Crippen LogP contribution in [0, 0.1) is 0 Å². The van der Waals surface area contributed by atoms with Gasteiger partial charge in [-0.2, -0.15) is 0 Å². The van der Waals surface area contributed by atoms with Gasteiger partial charge in [0.15, 0.2) is 0 Å². The van der Waals surface area contributed by atoms with E-state index >= 15 is 0 Å². The van der Waals surface area contributed by atoms with E-state index in [0.29, 0.717) is 5.57 Å². The molecule has 0 aliphatic heterocycles. The Morgan fingerprint density at radius 2 is 1.45 bits per heavy atom. The molecule has 0 aromatic heterocycles. The number of allylic oxidation sites excluding steroid dienone is 1. The zero-order valence-corrected chi connectivity index (χ0v) is 13.5. The highest BCUT2D eigenvalue weighted by Gasteiger charge is 1.98. The van der Waals surface area contributed by atoms with E-state index in [0.717, 1.165) is 6.42 Å². The van der Waals surface area contributed by atoms with Gasteiger partial charge < -0.3 is 4.74 Å². The van der Waals surface area contributed by atoms with Crippen LogP contribution in [-0.2, 0) is 9.53 Å². The largest absolute Gasteiger partial charge is 0.431 e. The molecule has 0 unspecified atom stereocenters. The number of hydrogen-bond donors (Lipinski definition) is 0. The molecule has 0 aromatic rings. The third-order valence-electron chi connectivity index (χ3n) is 3.34. The summed E-state index contributed by atoms with van der Waals surface area (Å²) in [5.41, 5.74) is 0.439. The zero-order valence-electron chi connectivity index (χ0n) is 13.5. The Morgan fingerprint density at radius 3 is 1.95 bits per heavy atom. The molecule has 0 aliphatic rings. The molecule has 0 amide bonds. The van der Waals surface area contributed by atoms with Gasteiger partial charge in [0.2, 0.25) is 0 Å². The summed E-state index contributed by atoms with van der Waals surface area (Å²) in [5.74, 6) is -0.343. The van der Waals surface area contributed by atoms with Crippen molar-refractivity contribution in [1.29, 1.82) is 0 Å². The molecule has 0 atom stereocenters. The summed E-state index contributed by atoms with van der Waals surface area (Å²) in [4.78, 5) is 11.1.